The summed E-state index contributed by atoms with van der Waals surface area (Å²) in [5.41, 5.74) is 3.41. The summed E-state index contributed by atoms with van der Waals surface area (Å²) < 4.78 is 54.7. The van der Waals surface area contributed by atoms with Crippen molar-refractivity contribution in [3.8, 4) is 0 Å². The van der Waals surface area contributed by atoms with Crippen molar-refractivity contribution in [2.24, 2.45) is 0 Å². The lowest BCUT2D eigenvalue weighted by Crippen LogP contribution is -2.32. The number of benzene rings is 3. The summed E-state index contributed by atoms with van der Waals surface area (Å²) in [6, 6.07) is 20.1. The smallest absolute Gasteiger partial charge is 0.223 e. The van der Waals surface area contributed by atoms with Gasteiger partial charge >= 0.3 is 0 Å². The van der Waals surface area contributed by atoms with Crippen LogP contribution in [0.25, 0.3) is 0 Å². The number of hydrogen-bond acceptors (Lipinski definition) is 4. The molecule has 0 fully saturated rings. The van der Waals surface area contributed by atoms with Crippen LogP contribution in [0.1, 0.15) is 27.5 Å². The zero-order chi connectivity index (χ0) is 21.9. The molecule has 30 heavy (non-hydrogen) atoms. The van der Waals surface area contributed by atoms with Crippen LogP contribution in [0.5, 0.6) is 0 Å². The third-order valence-electron chi connectivity index (χ3n) is 4.96. The van der Waals surface area contributed by atoms with E-state index in [4.69, 9.17) is 0 Å². The van der Waals surface area contributed by atoms with Gasteiger partial charge in [-0.3, -0.25) is 0 Å². The molecule has 1 unspecified atom stereocenters. The van der Waals surface area contributed by atoms with Crippen molar-refractivity contribution in [3.63, 3.8) is 0 Å². The minimum atomic E-state index is -3.85. The highest BCUT2D eigenvalue weighted by Crippen LogP contribution is 2.29. The number of hydrogen-bond donors (Lipinski definition) is 1. The van der Waals surface area contributed by atoms with Gasteiger partial charge in [0.2, 0.25) is 10.0 Å². The summed E-state index contributed by atoms with van der Waals surface area (Å²) in [5, 5.41) is -1.05. The maximum Gasteiger partial charge on any atom is 0.240 e. The van der Waals surface area contributed by atoms with E-state index in [1.807, 2.05) is 32.9 Å². The fourth-order valence-corrected chi connectivity index (χ4v) is 5.88. The monoisotopic (exact) mass is 443 g/mol. The standard InChI is InChI=1S/C23H25NO4S2/c1-17-4-10-20(11-5-17)23(29(25,26)21-12-6-18(2)7-13-21)16-24-30(27,28)22-14-8-19(3)9-15-22/h4-15,23-24H,16H2,1-3H3. The van der Waals surface area contributed by atoms with E-state index in [1.54, 1.807) is 48.5 Å². The van der Waals surface area contributed by atoms with Crippen LogP contribution in [0.2, 0.25) is 0 Å². The van der Waals surface area contributed by atoms with Crippen molar-refractivity contribution in [2.45, 2.75) is 35.8 Å². The molecule has 5 nitrogen and oxygen atoms in total. The first kappa shape index (κ1) is 22.2. The molecule has 3 rings (SSSR count). The van der Waals surface area contributed by atoms with Gasteiger partial charge in [-0.1, -0.05) is 65.2 Å². The number of sulfone groups is 1. The van der Waals surface area contributed by atoms with Crippen molar-refractivity contribution in [3.05, 3.63) is 95.1 Å². The first-order chi connectivity index (χ1) is 14.1. The van der Waals surface area contributed by atoms with Gasteiger partial charge in [0.15, 0.2) is 9.84 Å². The lowest BCUT2D eigenvalue weighted by atomic mass is 10.1. The largest absolute Gasteiger partial charge is 0.240 e. The molecule has 0 aliphatic heterocycles. The molecule has 0 heterocycles. The van der Waals surface area contributed by atoms with Gasteiger partial charge in [-0.2, -0.15) is 0 Å². The van der Waals surface area contributed by atoms with Crippen molar-refractivity contribution >= 4 is 19.9 Å². The molecule has 1 atom stereocenters. The Morgan fingerprint density at radius 2 is 1.03 bits per heavy atom. The number of nitrogens with one attached hydrogen (secondary N) is 1. The van der Waals surface area contributed by atoms with Gasteiger partial charge < -0.3 is 0 Å². The van der Waals surface area contributed by atoms with Gasteiger partial charge in [0.25, 0.3) is 0 Å². The molecule has 0 saturated carbocycles. The summed E-state index contributed by atoms with van der Waals surface area (Å²) in [5.74, 6) is 0. The minimum absolute atomic E-state index is 0.100. The van der Waals surface area contributed by atoms with E-state index in [2.05, 4.69) is 4.72 Å². The third kappa shape index (κ3) is 4.98. The molecular formula is C23H25NO4S2. The van der Waals surface area contributed by atoms with Crippen LogP contribution in [0.4, 0.5) is 0 Å². The number of sulfonamides is 1. The fourth-order valence-electron chi connectivity index (χ4n) is 3.07. The molecule has 0 aliphatic carbocycles. The van der Waals surface area contributed by atoms with E-state index in [0.29, 0.717) is 5.56 Å². The highest BCUT2D eigenvalue weighted by Gasteiger charge is 2.30. The van der Waals surface area contributed by atoms with Gasteiger partial charge in [-0.25, -0.2) is 21.6 Å². The molecule has 3 aromatic rings. The van der Waals surface area contributed by atoms with Crippen LogP contribution in [0, 0.1) is 20.8 Å². The van der Waals surface area contributed by atoms with Crippen molar-refractivity contribution in [1.29, 1.82) is 0 Å². The van der Waals surface area contributed by atoms with Crippen molar-refractivity contribution in [2.75, 3.05) is 6.54 Å². The highest BCUT2D eigenvalue weighted by molar-refractivity contribution is 7.92. The average Bonchev–Trinajstić information content (AvgIpc) is 2.70. The van der Waals surface area contributed by atoms with Gasteiger partial charge in [0, 0.05) is 6.54 Å². The highest BCUT2D eigenvalue weighted by atomic mass is 32.2. The first-order valence-electron chi connectivity index (χ1n) is 9.53. The molecule has 0 aromatic heterocycles. The zero-order valence-corrected chi connectivity index (χ0v) is 18.8. The van der Waals surface area contributed by atoms with Crippen LogP contribution < -0.4 is 4.72 Å². The molecule has 0 aliphatic rings. The van der Waals surface area contributed by atoms with Gasteiger partial charge in [0.1, 0.15) is 5.25 Å². The molecule has 0 amide bonds. The quantitative estimate of drug-likeness (QED) is 0.596. The topological polar surface area (TPSA) is 80.3 Å². The Bertz CT molecular complexity index is 1210. The normalized spacial score (nSPS) is 13.2. The zero-order valence-electron chi connectivity index (χ0n) is 17.2. The Labute approximate surface area is 178 Å². The summed E-state index contributed by atoms with van der Waals surface area (Å²) in [6.45, 7) is 5.39. The fraction of sp³-hybridized carbons (Fsp3) is 0.217. The maximum atomic E-state index is 13.4. The summed E-state index contributed by atoms with van der Waals surface area (Å²) in [6.07, 6.45) is 0. The van der Waals surface area contributed by atoms with Crippen LogP contribution in [0.15, 0.2) is 82.6 Å². The van der Waals surface area contributed by atoms with Crippen LogP contribution in [-0.2, 0) is 19.9 Å². The summed E-state index contributed by atoms with van der Waals surface area (Å²) in [7, 11) is -7.67. The maximum absolute atomic E-state index is 13.4. The molecule has 0 saturated heterocycles. The first-order valence-corrected chi connectivity index (χ1v) is 12.6. The molecule has 7 heteroatoms. The van der Waals surface area contributed by atoms with E-state index in [9.17, 15) is 16.8 Å². The molecule has 0 spiro atoms. The third-order valence-corrected chi connectivity index (χ3v) is 8.52. The molecule has 0 radical (unpaired) electrons. The molecule has 1 N–H and O–H groups in total. The molecule has 3 aromatic carbocycles. The Balaban J connectivity index is 1.97. The second-order valence-corrected chi connectivity index (χ2v) is 11.3. The Kier molecular flexibility index (Phi) is 6.45. The molecule has 158 valence electrons. The van der Waals surface area contributed by atoms with E-state index >= 15 is 0 Å². The van der Waals surface area contributed by atoms with E-state index < -0.39 is 25.1 Å². The second kappa shape index (κ2) is 8.71. The summed E-state index contributed by atoms with van der Waals surface area (Å²) >= 11 is 0. The minimum Gasteiger partial charge on any atom is -0.223 e. The molecule has 0 bridgehead atoms. The number of rotatable bonds is 7. The second-order valence-electron chi connectivity index (χ2n) is 7.42. The van der Waals surface area contributed by atoms with Gasteiger partial charge in [-0.05, 0) is 50.6 Å². The Morgan fingerprint density at radius 3 is 1.50 bits per heavy atom. The van der Waals surface area contributed by atoms with Crippen LogP contribution >= 0.6 is 0 Å². The number of aryl methyl sites for hydroxylation is 3. The Hall–Kier alpha value is -2.48. The van der Waals surface area contributed by atoms with Crippen molar-refractivity contribution < 1.29 is 16.8 Å². The predicted octanol–water partition coefficient (Wildman–Crippen LogP) is 4.11. The molecular weight excluding hydrogens is 418 g/mol. The van der Waals surface area contributed by atoms with Gasteiger partial charge in [0.05, 0.1) is 9.79 Å². The SMILES string of the molecule is Cc1ccc(C(CNS(=O)(=O)c2ccc(C)cc2)S(=O)(=O)c2ccc(C)cc2)cc1. The van der Waals surface area contributed by atoms with Crippen molar-refractivity contribution in [1.82, 2.24) is 4.72 Å². The lowest BCUT2D eigenvalue weighted by Gasteiger charge is -2.19. The predicted molar refractivity (Wildman–Crippen MR) is 119 cm³/mol. The van der Waals surface area contributed by atoms with Gasteiger partial charge in [-0.15, -0.1) is 0 Å². The van der Waals surface area contributed by atoms with E-state index in [-0.39, 0.29) is 16.3 Å². The Morgan fingerprint density at radius 1 is 0.633 bits per heavy atom. The van der Waals surface area contributed by atoms with E-state index in [0.717, 1.165) is 16.7 Å². The van der Waals surface area contributed by atoms with E-state index in [1.165, 1.54) is 12.1 Å². The van der Waals surface area contributed by atoms with Crippen LogP contribution in [0.3, 0.4) is 0 Å². The average molecular weight is 444 g/mol. The lowest BCUT2D eigenvalue weighted by molar-refractivity contribution is 0.568. The summed E-state index contributed by atoms with van der Waals surface area (Å²) in [4.78, 5) is 0.261. The van der Waals surface area contributed by atoms with Crippen LogP contribution in [-0.4, -0.2) is 23.4 Å².